The minimum Gasteiger partial charge on any atom is -0.480 e. The standard InChI is InChI=1S/C16H26N2O5/c1-10(2)12(17-15(22)23-16(3,4)5)13(19)18-9-7-6-8-11(18)14(20)21/h6-7,10-12H,8-9H2,1-5H3,(H,17,22)(H,20,21)/t11-,12-/m0/s1. The van der Waals surface area contributed by atoms with Crippen LogP contribution >= 0.6 is 0 Å². The predicted octanol–water partition coefficient (Wildman–Crippen LogP) is 1.78. The van der Waals surface area contributed by atoms with Crippen LogP contribution in [-0.2, 0) is 14.3 Å². The van der Waals surface area contributed by atoms with Crippen LogP contribution in [0.25, 0.3) is 0 Å². The number of ether oxygens (including phenoxy) is 1. The Kier molecular flexibility index (Phi) is 6.18. The van der Waals surface area contributed by atoms with E-state index in [1.54, 1.807) is 46.8 Å². The molecule has 0 aliphatic carbocycles. The number of hydrogen-bond donors (Lipinski definition) is 2. The van der Waals surface area contributed by atoms with Crippen LogP contribution in [0.5, 0.6) is 0 Å². The van der Waals surface area contributed by atoms with Crippen molar-refractivity contribution in [2.45, 2.75) is 58.7 Å². The van der Waals surface area contributed by atoms with Gasteiger partial charge in [-0.1, -0.05) is 26.0 Å². The quantitative estimate of drug-likeness (QED) is 0.768. The zero-order valence-corrected chi connectivity index (χ0v) is 14.3. The summed E-state index contributed by atoms with van der Waals surface area (Å²) in [5.41, 5.74) is -0.674. The Morgan fingerprint density at radius 3 is 2.35 bits per heavy atom. The minimum absolute atomic E-state index is 0.199. The highest BCUT2D eigenvalue weighted by atomic mass is 16.6. The first-order chi connectivity index (χ1) is 10.5. The van der Waals surface area contributed by atoms with E-state index in [0.29, 0.717) is 0 Å². The molecule has 2 N–H and O–H groups in total. The second kappa shape index (κ2) is 7.48. The molecule has 1 heterocycles. The molecule has 1 aliphatic rings. The molecule has 2 atom stereocenters. The van der Waals surface area contributed by atoms with Gasteiger partial charge in [0.2, 0.25) is 5.91 Å². The summed E-state index contributed by atoms with van der Waals surface area (Å²) in [5.74, 6) is -1.67. The Morgan fingerprint density at radius 1 is 1.26 bits per heavy atom. The van der Waals surface area contributed by atoms with Gasteiger partial charge in [0.15, 0.2) is 0 Å². The number of carboxylic acids is 1. The van der Waals surface area contributed by atoms with E-state index in [2.05, 4.69) is 5.32 Å². The monoisotopic (exact) mass is 326 g/mol. The zero-order valence-electron chi connectivity index (χ0n) is 14.3. The highest BCUT2D eigenvalue weighted by Crippen LogP contribution is 2.17. The third-order valence-corrected chi connectivity index (χ3v) is 3.38. The van der Waals surface area contributed by atoms with Crippen LogP contribution in [0, 0.1) is 5.92 Å². The highest BCUT2D eigenvalue weighted by Gasteiger charge is 2.36. The molecule has 0 aromatic rings. The molecule has 0 saturated carbocycles. The number of carboxylic acid groups (broad SMARTS) is 1. The molecule has 1 rings (SSSR count). The first kappa shape index (κ1) is 19.0. The van der Waals surface area contributed by atoms with Gasteiger partial charge in [-0.15, -0.1) is 0 Å². The number of nitrogens with zero attached hydrogens (tertiary/aromatic N) is 1. The van der Waals surface area contributed by atoms with Crippen molar-refractivity contribution in [3.63, 3.8) is 0 Å². The van der Waals surface area contributed by atoms with Crippen LogP contribution in [0.1, 0.15) is 41.0 Å². The molecule has 0 unspecified atom stereocenters. The molecule has 0 radical (unpaired) electrons. The van der Waals surface area contributed by atoms with Crippen molar-refractivity contribution >= 4 is 18.0 Å². The average Bonchev–Trinajstić information content (AvgIpc) is 2.41. The maximum atomic E-state index is 12.7. The van der Waals surface area contributed by atoms with Gasteiger partial charge in [-0.25, -0.2) is 9.59 Å². The number of rotatable bonds is 4. The molecular formula is C16H26N2O5. The van der Waals surface area contributed by atoms with Gasteiger partial charge in [-0.05, 0) is 33.1 Å². The number of nitrogens with one attached hydrogen (secondary N) is 1. The fraction of sp³-hybridized carbons (Fsp3) is 0.688. The molecule has 7 nitrogen and oxygen atoms in total. The van der Waals surface area contributed by atoms with Gasteiger partial charge in [0, 0.05) is 6.54 Å². The zero-order chi connectivity index (χ0) is 17.8. The van der Waals surface area contributed by atoms with Crippen LogP contribution in [0.15, 0.2) is 12.2 Å². The van der Waals surface area contributed by atoms with Gasteiger partial charge in [0.05, 0.1) is 0 Å². The van der Waals surface area contributed by atoms with Crippen molar-refractivity contribution < 1.29 is 24.2 Å². The van der Waals surface area contributed by atoms with Crippen molar-refractivity contribution in [3.05, 3.63) is 12.2 Å². The van der Waals surface area contributed by atoms with Gasteiger partial charge in [-0.3, -0.25) is 4.79 Å². The van der Waals surface area contributed by atoms with Crippen molar-refractivity contribution in [3.8, 4) is 0 Å². The number of aliphatic carboxylic acids is 1. The molecule has 23 heavy (non-hydrogen) atoms. The summed E-state index contributed by atoms with van der Waals surface area (Å²) in [6.07, 6.45) is 3.07. The van der Waals surface area contributed by atoms with Crippen LogP contribution in [0.3, 0.4) is 0 Å². The van der Waals surface area contributed by atoms with E-state index in [4.69, 9.17) is 4.74 Å². The maximum absolute atomic E-state index is 12.7. The minimum atomic E-state index is -1.05. The van der Waals surface area contributed by atoms with Gasteiger partial charge in [0.1, 0.15) is 17.7 Å². The van der Waals surface area contributed by atoms with Crippen molar-refractivity contribution in [2.24, 2.45) is 5.92 Å². The second-order valence-corrected chi connectivity index (χ2v) is 6.92. The number of alkyl carbamates (subject to hydrolysis) is 1. The summed E-state index contributed by atoms with van der Waals surface area (Å²) >= 11 is 0. The summed E-state index contributed by atoms with van der Waals surface area (Å²) in [5, 5.41) is 11.8. The Hall–Kier alpha value is -2.05. The van der Waals surface area contributed by atoms with Gasteiger partial charge < -0.3 is 20.1 Å². The van der Waals surface area contributed by atoms with Gasteiger partial charge >= 0.3 is 12.1 Å². The largest absolute Gasteiger partial charge is 0.480 e. The fourth-order valence-electron chi connectivity index (χ4n) is 2.27. The lowest BCUT2D eigenvalue weighted by molar-refractivity contribution is -0.151. The third kappa shape index (κ3) is 5.58. The summed E-state index contributed by atoms with van der Waals surface area (Å²) in [7, 11) is 0. The van der Waals surface area contributed by atoms with E-state index in [-0.39, 0.29) is 18.9 Å². The lowest BCUT2D eigenvalue weighted by atomic mass is 10.00. The van der Waals surface area contributed by atoms with E-state index in [9.17, 15) is 19.5 Å². The summed E-state index contributed by atoms with van der Waals surface area (Å²) in [6, 6.07) is -1.74. The Balaban J connectivity index is 2.88. The van der Waals surface area contributed by atoms with E-state index in [1.165, 1.54) is 4.90 Å². The molecule has 0 aromatic carbocycles. The van der Waals surface area contributed by atoms with E-state index in [1.807, 2.05) is 0 Å². The van der Waals surface area contributed by atoms with E-state index >= 15 is 0 Å². The maximum Gasteiger partial charge on any atom is 0.408 e. The molecule has 0 bridgehead atoms. The van der Waals surface area contributed by atoms with Crippen molar-refractivity contribution in [1.29, 1.82) is 0 Å². The van der Waals surface area contributed by atoms with Crippen molar-refractivity contribution in [2.75, 3.05) is 6.54 Å². The van der Waals surface area contributed by atoms with Crippen molar-refractivity contribution in [1.82, 2.24) is 10.2 Å². The number of carbonyl (C=O) groups is 3. The smallest absolute Gasteiger partial charge is 0.408 e. The summed E-state index contributed by atoms with van der Waals surface area (Å²) in [4.78, 5) is 37.3. The topological polar surface area (TPSA) is 95.9 Å². The first-order valence-electron chi connectivity index (χ1n) is 7.70. The molecule has 0 spiro atoms. The van der Waals surface area contributed by atoms with E-state index in [0.717, 1.165) is 0 Å². The molecule has 7 heteroatoms. The summed E-state index contributed by atoms with van der Waals surface area (Å²) < 4.78 is 5.18. The summed E-state index contributed by atoms with van der Waals surface area (Å²) in [6.45, 7) is 8.98. The first-order valence-corrected chi connectivity index (χ1v) is 7.70. The molecule has 1 aliphatic heterocycles. The van der Waals surface area contributed by atoms with Crippen LogP contribution < -0.4 is 5.32 Å². The Morgan fingerprint density at radius 2 is 1.87 bits per heavy atom. The normalized spacial score (nSPS) is 19.4. The fourth-order valence-corrected chi connectivity index (χ4v) is 2.27. The Bertz CT molecular complexity index is 493. The molecule has 130 valence electrons. The molecule has 0 saturated heterocycles. The number of carbonyl (C=O) groups excluding carboxylic acids is 2. The molecule has 0 aromatic heterocycles. The third-order valence-electron chi connectivity index (χ3n) is 3.38. The molecular weight excluding hydrogens is 300 g/mol. The second-order valence-electron chi connectivity index (χ2n) is 6.92. The lowest BCUT2D eigenvalue weighted by Crippen LogP contribution is -2.56. The van der Waals surface area contributed by atoms with Gasteiger partial charge in [-0.2, -0.15) is 0 Å². The predicted molar refractivity (Wildman–Crippen MR) is 84.9 cm³/mol. The van der Waals surface area contributed by atoms with Gasteiger partial charge in [0.25, 0.3) is 0 Å². The number of hydrogen-bond acceptors (Lipinski definition) is 4. The Labute approximate surface area is 136 Å². The average molecular weight is 326 g/mol. The van der Waals surface area contributed by atoms with Crippen LogP contribution in [0.2, 0.25) is 0 Å². The number of amides is 2. The molecule has 2 amide bonds. The highest BCUT2D eigenvalue weighted by molar-refractivity contribution is 5.90. The van der Waals surface area contributed by atoms with E-state index < -0.39 is 35.7 Å². The SMILES string of the molecule is CC(C)[C@H](NC(=O)OC(C)(C)C)C(=O)N1CC=CC[C@H]1C(=O)O. The lowest BCUT2D eigenvalue weighted by Gasteiger charge is -2.34. The molecule has 0 fully saturated rings. The van der Waals surface area contributed by atoms with Crippen LogP contribution in [0.4, 0.5) is 4.79 Å². The van der Waals surface area contributed by atoms with Crippen LogP contribution in [-0.4, -0.2) is 52.2 Å².